The van der Waals surface area contributed by atoms with Crippen LogP contribution < -0.4 is 5.32 Å². The van der Waals surface area contributed by atoms with E-state index >= 15 is 0 Å². The summed E-state index contributed by atoms with van der Waals surface area (Å²) >= 11 is 0. The minimum Gasteiger partial charge on any atom is -0.393 e. The Morgan fingerprint density at radius 3 is 2.00 bits per heavy atom. The molecule has 4 unspecified atom stereocenters. The zero-order valence-electron chi connectivity index (χ0n) is 16.0. The van der Waals surface area contributed by atoms with Crippen LogP contribution in [-0.2, 0) is 19.1 Å². The van der Waals surface area contributed by atoms with Crippen LogP contribution in [0.3, 0.4) is 0 Å². The van der Waals surface area contributed by atoms with Gasteiger partial charge in [-0.15, -0.1) is 0 Å². The third-order valence-electron chi connectivity index (χ3n) is 7.13. The summed E-state index contributed by atoms with van der Waals surface area (Å²) in [7, 11) is 0. The Morgan fingerprint density at radius 2 is 1.33 bits per heavy atom. The Morgan fingerprint density at radius 1 is 0.741 bits per heavy atom. The van der Waals surface area contributed by atoms with Gasteiger partial charge in [0, 0.05) is 6.04 Å². The summed E-state index contributed by atoms with van der Waals surface area (Å²) in [5.74, 6) is -1.78. The molecule has 27 heavy (non-hydrogen) atoms. The summed E-state index contributed by atoms with van der Waals surface area (Å²) in [5, 5.41) is 3.18. The van der Waals surface area contributed by atoms with Crippen molar-refractivity contribution in [3.05, 3.63) is 12.2 Å². The molecule has 0 aromatic heterocycles. The van der Waals surface area contributed by atoms with Crippen molar-refractivity contribution < 1.29 is 19.1 Å². The molecular weight excluding hydrogens is 342 g/mol. The van der Waals surface area contributed by atoms with Crippen molar-refractivity contribution in [3.63, 3.8) is 0 Å². The average Bonchev–Trinajstić information content (AvgIpc) is 3.31. The van der Waals surface area contributed by atoms with Crippen molar-refractivity contribution in [3.8, 4) is 0 Å². The van der Waals surface area contributed by atoms with Crippen LogP contribution in [0.5, 0.6) is 0 Å². The number of hydrogen-bond acceptors (Lipinski definition) is 4. The molecule has 0 aliphatic heterocycles. The van der Waals surface area contributed by atoms with E-state index in [0.717, 1.165) is 64.2 Å². The van der Waals surface area contributed by atoms with Crippen molar-refractivity contribution in [2.75, 3.05) is 0 Å². The zero-order valence-corrected chi connectivity index (χ0v) is 16.0. The van der Waals surface area contributed by atoms with E-state index in [-0.39, 0.29) is 41.6 Å². The fourth-order valence-corrected chi connectivity index (χ4v) is 5.63. The average molecular weight is 373 g/mol. The molecule has 0 radical (unpaired) electrons. The van der Waals surface area contributed by atoms with Crippen molar-refractivity contribution in [1.29, 1.82) is 0 Å². The van der Waals surface area contributed by atoms with Crippen molar-refractivity contribution in [1.82, 2.24) is 5.32 Å². The molecule has 5 heteroatoms. The lowest BCUT2D eigenvalue weighted by Crippen LogP contribution is -2.45. The SMILES string of the molecule is O=C(OC(=O)C1C2C=CC(C2)C1C(=O)NC1CCCCC1)C1CCCCC1. The van der Waals surface area contributed by atoms with Crippen LogP contribution >= 0.6 is 0 Å². The lowest BCUT2D eigenvalue weighted by molar-refractivity contribution is -0.168. The minimum absolute atomic E-state index is 0.0224. The lowest BCUT2D eigenvalue weighted by Gasteiger charge is -2.29. The molecule has 0 aromatic carbocycles. The molecule has 0 spiro atoms. The molecule has 2 bridgehead atoms. The third kappa shape index (κ3) is 3.97. The van der Waals surface area contributed by atoms with E-state index < -0.39 is 11.9 Å². The molecule has 3 fully saturated rings. The van der Waals surface area contributed by atoms with E-state index in [1.54, 1.807) is 0 Å². The fraction of sp³-hybridized carbons (Fsp3) is 0.773. The molecule has 0 saturated heterocycles. The van der Waals surface area contributed by atoms with Crippen LogP contribution in [0.15, 0.2) is 12.2 Å². The normalized spacial score (nSPS) is 33.8. The third-order valence-corrected chi connectivity index (χ3v) is 7.13. The maximum absolute atomic E-state index is 13.0. The Balaban J connectivity index is 1.40. The van der Waals surface area contributed by atoms with Gasteiger partial charge in [-0.2, -0.15) is 0 Å². The monoisotopic (exact) mass is 373 g/mol. The van der Waals surface area contributed by atoms with Gasteiger partial charge in [-0.05, 0) is 43.9 Å². The van der Waals surface area contributed by atoms with Gasteiger partial charge < -0.3 is 10.1 Å². The molecule has 4 aliphatic carbocycles. The molecule has 5 nitrogen and oxygen atoms in total. The summed E-state index contributed by atoms with van der Waals surface area (Å²) in [6.07, 6.45) is 15.4. The molecule has 4 rings (SSSR count). The van der Waals surface area contributed by atoms with E-state index in [2.05, 4.69) is 11.4 Å². The highest BCUT2D eigenvalue weighted by atomic mass is 16.6. The van der Waals surface area contributed by atoms with Gasteiger partial charge >= 0.3 is 11.9 Å². The van der Waals surface area contributed by atoms with E-state index in [4.69, 9.17) is 4.74 Å². The van der Waals surface area contributed by atoms with Gasteiger partial charge in [0.1, 0.15) is 0 Å². The predicted octanol–water partition coefficient (Wildman–Crippen LogP) is 3.52. The zero-order chi connectivity index (χ0) is 18.8. The Kier molecular flexibility index (Phi) is 5.65. The number of ether oxygens (including phenoxy) is 1. The van der Waals surface area contributed by atoms with Crippen molar-refractivity contribution in [2.24, 2.45) is 29.6 Å². The number of nitrogens with one attached hydrogen (secondary N) is 1. The smallest absolute Gasteiger partial charge is 0.318 e. The minimum atomic E-state index is -0.504. The van der Waals surface area contributed by atoms with Gasteiger partial charge in [0.2, 0.25) is 5.91 Å². The fourth-order valence-electron chi connectivity index (χ4n) is 5.63. The quantitative estimate of drug-likeness (QED) is 0.465. The highest BCUT2D eigenvalue weighted by Gasteiger charge is 2.53. The maximum atomic E-state index is 13.0. The molecule has 0 aromatic rings. The van der Waals surface area contributed by atoms with Gasteiger partial charge in [-0.3, -0.25) is 14.4 Å². The highest BCUT2D eigenvalue weighted by Crippen LogP contribution is 2.49. The summed E-state index contributed by atoms with van der Waals surface area (Å²) in [5.41, 5.74) is 0. The van der Waals surface area contributed by atoms with Crippen LogP contribution in [0.2, 0.25) is 0 Å². The molecule has 0 heterocycles. The summed E-state index contributed by atoms with van der Waals surface area (Å²) in [4.78, 5) is 38.2. The second kappa shape index (κ2) is 8.15. The van der Waals surface area contributed by atoms with Crippen LogP contribution in [0.1, 0.15) is 70.6 Å². The largest absolute Gasteiger partial charge is 0.393 e. The van der Waals surface area contributed by atoms with Gasteiger partial charge in [-0.25, -0.2) is 0 Å². The van der Waals surface area contributed by atoms with Crippen molar-refractivity contribution in [2.45, 2.75) is 76.7 Å². The van der Waals surface area contributed by atoms with Gasteiger partial charge in [-0.1, -0.05) is 50.7 Å². The van der Waals surface area contributed by atoms with Gasteiger partial charge in [0.25, 0.3) is 0 Å². The topological polar surface area (TPSA) is 72.5 Å². The Hall–Kier alpha value is -1.65. The second-order valence-electron chi connectivity index (χ2n) is 8.92. The summed E-state index contributed by atoms with van der Waals surface area (Å²) < 4.78 is 5.31. The van der Waals surface area contributed by atoms with Crippen molar-refractivity contribution >= 4 is 17.8 Å². The molecule has 148 valence electrons. The van der Waals surface area contributed by atoms with Crippen LogP contribution in [-0.4, -0.2) is 23.9 Å². The first-order valence-electron chi connectivity index (χ1n) is 10.9. The first-order chi connectivity index (χ1) is 13.1. The lowest BCUT2D eigenvalue weighted by atomic mass is 9.81. The number of allylic oxidation sites excluding steroid dienone is 2. The second-order valence-corrected chi connectivity index (χ2v) is 8.92. The first kappa shape index (κ1) is 18.7. The van der Waals surface area contributed by atoms with Crippen LogP contribution in [0.4, 0.5) is 0 Å². The standard InChI is InChI=1S/C22H31NO4/c24-20(23-17-9-5-2-6-10-17)18-15-11-12-16(13-15)19(18)22(26)27-21(25)14-7-3-1-4-8-14/h11-12,14-19H,1-10,13H2,(H,23,24). The number of hydrogen-bond donors (Lipinski definition) is 1. The van der Waals surface area contributed by atoms with E-state index in [9.17, 15) is 14.4 Å². The molecule has 4 aliphatic rings. The number of rotatable bonds is 4. The maximum Gasteiger partial charge on any atom is 0.318 e. The molecule has 4 atom stereocenters. The summed E-state index contributed by atoms with van der Waals surface area (Å²) in [6.45, 7) is 0. The number of fused-ring (bicyclic) bond motifs is 2. The molecule has 3 saturated carbocycles. The number of esters is 2. The number of carbonyl (C=O) groups is 3. The molecular formula is C22H31NO4. The van der Waals surface area contributed by atoms with Crippen LogP contribution in [0.25, 0.3) is 0 Å². The predicted molar refractivity (Wildman–Crippen MR) is 100 cm³/mol. The van der Waals surface area contributed by atoms with E-state index in [1.165, 1.54) is 6.42 Å². The van der Waals surface area contributed by atoms with E-state index in [1.807, 2.05) is 6.08 Å². The molecule has 1 N–H and O–H groups in total. The summed E-state index contributed by atoms with van der Waals surface area (Å²) in [6, 6.07) is 0.231. The van der Waals surface area contributed by atoms with Gasteiger partial charge in [0.15, 0.2) is 0 Å². The number of carbonyl (C=O) groups excluding carboxylic acids is 3. The number of amides is 1. The Labute approximate surface area is 161 Å². The highest BCUT2D eigenvalue weighted by molar-refractivity contribution is 5.93. The molecule has 1 amide bonds. The van der Waals surface area contributed by atoms with E-state index in [0.29, 0.717) is 0 Å². The Bertz CT molecular complexity index is 616. The first-order valence-corrected chi connectivity index (χ1v) is 10.9. The van der Waals surface area contributed by atoms with Crippen LogP contribution in [0, 0.1) is 29.6 Å². The van der Waals surface area contributed by atoms with Gasteiger partial charge in [0.05, 0.1) is 17.8 Å².